The number of fused-ring (bicyclic) bond motifs is 1. The molecule has 0 fully saturated rings. The summed E-state index contributed by atoms with van der Waals surface area (Å²) >= 11 is 13.7. The van der Waals surface area contributed by atoms with Crippen molar-refractivity contribution in [2.75, 3.05) is 11.9 Å². The minimum Gasteiger partial charge on any atom is -0.493 e. The molecule has 0 atom stereocenters. The molecular weight excluding hydrogens is 443 g/mol. The van der Waals surface area contributed by atoms with Gasteiger partial charge in [0, 0.05) is 22.4 Å². The van der Waals surface area contributed by atoms with Crippen LogP contribution in [0.1, 0.15) is 18.4 Å². The van der Waals surface area contributed by atoms with Crippen LogP contribution in [-0.2, 0) is 4.79 Å². The predicted octanol–water partition coefficient (Wildman–Crippen LogP) is 5.87. The van der Waals surface area contributed by atoms with Crippen LogP contribution in [0.15, 0.2) is 47.8 Å². The van der Waals surface area contributed by atoms with Gasteiger partial charge < -0.3 is 4.74 Å². The van der Waals surface area contributed by atoms with Gasteiger partial charge in [0.2, 0.25) is 16.8 Å². The van der Waals surface area contributed by atoms with Gasteiger partial charge >= 0.3 is 0 Å². The molecule has 154 valence electrons. The zero-order chi connectivity index (χ0) is 21.1. The predicted molar refractivity (Wildman–Crippen MR) is 121 cm³/mol. The molecule has 0 saturated carbocycles. The van der Waals surface area contributed by atoms with Crippen molar-refractivity contribution in [3.63, 3.8) is 0 Å². The lowest BCUT2D eigenvalue weighted by Crippen LogP contribution is -2.14. The first-order valence-corrected chi connectivity index (χ1v) is 10.9. The van der Waals surface area contributed by atoms with Gasteiger partial charge in [0.25, 0.3) is 0 Å². The van der Waals surface area contributed by atoms with Gasteiger partial charge in [-0.2, -0.15) is 4.98 Å². The van der Waals surface area contributed by atoms with E-state index in [-0.39, 0.29) is 11.9 Å². The highest BCUT2D eigenvalue weighted by Crippen LogP contribution is 2.33. The van der Waals surface area contributed by atoms with Gasteiger partial charge in [0.15, 0.2) is 0 Å². The van der Waals surface area contributed by atoms with Crippen molar-refractivity contribution in [2.24, 2.45) is 0 Å². The van der Waals surface area contributed by atoms with E-state index in [1.54, 1.807) is 16.6 Å². The molecule has 9 heteroatoms. The standard InChI is InChI=1S/C21H18Cl2N4O2S/c1-13-5-2-3-6-18(13)29-10-4-7-19(28)24-20-25-21-27(26-20)17(12-30-21)15-9-8-14(22)11-16(15)23/h2-3,5-6,8-9,11-12H,4,7,10H2,1H3,(H,24,26,28). The number of nitrogens with one attached hydrogen (secondary N) is 1. The number of halogens is 2. The molecule has 2 aromatic carbocycles. The molecule has 4 aromatic rings. The van der Waals surface area contributed by atoms with Crippen LogP contribution in [0.3, 0.4) is 0 Å². The lowest BCUT2D eigenvalue weighted by Gasteiger charge is -2.08. The SMILES string of the molecule is Cc1ccccc1OCCCC(=O)Nc1nc2scc(-c3ccc(Cl)cc3Cl)n2n1. The van der Waals surface area contributed by atoms with Crippen LogP contribution in [-0.4, -0.2) is 27.1 Å². The van der Waals surface area contributed by atoms with Crippen LogP contribution in [0.2, 0.25) is 10.0 Å². The second-order valence-corrected chi connectivity index (χ2v) is 8.32. The number of aryl methyl sites for hydroxylation is 1. The number of anilines is 1. The van der Waals surface area contributed by atoms with Crippen molar-refractivity contribution < 1.29 is 9.53 Å². The van der Waals surface area contributed by atoms with Crippen LogP contribution < -0.4 is 10.1 Å². The van der Waals surface area contributed by atoms with Gasteiger partial charge in [-0.25, -0.2) is 4.52 Å². The molecule has 0 aliphatic heterocycles. The van der Waals surface area contributed by atoms with Gasteiger partial charge in [-0.1, -0.05) is 41.4 Å². The quantitative estimate of drug-likeness (QED) is 0.350. The third kappa shape index (κ3) is 4.59. The Kier molecular flexibility index (Phi) is 6.22. The van der Waals surface area contributed by atoms with E-state index in [1.165, 1.54) is 11.3 Å². The molecule has 4 rings (SSSR count). The van der Waals surface area contributed by atoms with E-state index in [1.807, 2.05) is 42.6 Å². The molecule has 0 saturated heterocycles. The Balaban J connectivity index is 1.37. The Morgan fingerprint density at radius 1 is 1.23 bits per heavy atom. The first-order chi connectivity index (χ1) is 14.5. The Hall–Kier alpha value is -2.61. The van der Waals surface area contributed by atoms with Crippen molar-refractivity contribution >= 4 is 51.4 Å². The zero-order valence-corrected chi connectivity index (χ0v) is 18.4. The Bertz CT molecular complexity index is 1200. The molecule has 6 nitrogen and oxygen atoms in total. The minimum atomic E-state index is -0.160. The minimum absolute atomic E-state index is 0.160. The summed E-state index contributed by atoms with van der Waals surface area (Å²) in [5.41, 5.74) is 2.65. The summed E-state index contributed by atoms with van der Waals surface area (Å²) in [4.78, 5) is 17.3. The summed E-state index contributed by atoms with van der Waals surface area (Å²) in [5, 5.41) is 10.1. The molecule has 0 aliphatic carbocycles. The number of carbonyl (C=O) groups excluding carboxylic acids is 1. The molecule has 0 unspecified atom stereocenters. The van der Waals surface area contributed by atoms with E-state index in [9.17, 15) is 4.79 Å². The van der Waals surface area contributed by atoms with E-state index in [2.05, 4.69) is 15.4 Å². The summed E-state index contributed by atoms with van der Waals surface area (Å²) in [6.45, 7) is 2.45. The third-order valence-corrected chi connectivity index (χ3v) is 5.80. The largest absolute Gasteiger partial charge is 0.493 e. The fourth-order valence-electron chi connectivity index (χ4n) is 2.94. The van der Waals surface area contributed by atoms with Crippen LogP contribution in [0.4, 0.5) is 5.95 Å². The molecule has 0 aliphatic rings. The second-order valence-electron chi connectivity index (χ2n) is 6.64. The van der Waals surface area contributed by atoms with Gasteiger partial charge in [0.05, 0.1) is 17.3 Å². The summed E-state index contributed by atoms with van der Waals surface area (Å²) < 4.78 is 7.39. The molecule has 2 heterocycles. The first kappa shape index (κ1) is 20.7. The smallest absolute Gasteiger partial charge is 0.250 e. The Labute approximate surface area is 187 Å². The molecule has 1 N–H and O–H groups in total. The van der Waals surface area contributed by atoms with E-state index in [4.69, 9.17) is 27.9 Å². The van der Waals surface area contributed by atoms with Crippen molar-refractivity contribution in [2.45, 2.75) is 19.8 Å². The number of benzene rings is 2. The average Bonchev–Trinajstić information content (AvgIpc) is 3.27. The number of para-hydroxylation sites is 1. The summed E-state index contributed by atoms with van der Waals surface area (Å²) in [6, 6.07) is 13.1. The fourth-order valence-corrected chi connectivity index (χ4v) is 4.26. The lowest BCUT2D eigenvalue weighted by molar-refractivity contribution is -0.116. The number of rotatable bonds is 7. The van der Waals surface area contributed by atoms with Gasteiger partial charge in [-0.3, -0.25) is 10.1 Å². The van der Waals surface area contributed by atoms with Crippen molar-refractivity contribution in [1.29, 1.82) is 0 Å². The zero-order valence-electron chi connectivity index (χ0n) is 16.1. The average molecular weight is 461 g/mol. The number of carbonyl (C=O) groups is 1. The number of aromatic nitrogens is 3. The van der Waals surface area contributed by atoms with Gasteiger partial charge in [0.1, 0.15) is 5.75 Å². The van der Waals surface area contributed by atoms with E-state index in [0.29, 0.717) is 34.5 Å². The normalized spacial score (nSPS) is 11.0. The number of nitrogens with zero attached hydrogens (tertiary/aromatic N) is 3. The number of ether oxygens (including phenoxy) is 1. The van der Waals surface area contributed by atoms with Crippen molar-refractivity contribution in [3.05, 3.63) is 63.5 Å². The summed E-state index contributed by atoms with van der Waals surface area (Å²) in [7, 11) is 0. The lowest BCUT2D eigenvalue weighted by atomic mass is 10.2. The second kappa shape index (κ2) is 9.04. The molecule has 1 amide bonds. The number of amides is 1. The molecule has 2 aromatic heterocycles. The topological polar surface area (TPSA) is 68.5 Å². The summed E-state index contributed by atoms with van der Waals surface area (Å²) in [5.74, 6) is 0.938. The first-order valence-electron chi connectivity index (χ1n) is 9.29. The highest BCUT2D eigenvalue weighted by Gasteiger charge is 2.15. The maximum absolute atomic E-state index is 12.2. The van der Waals surface area contributed by atoms with E-state index < -0.39 is 0 Å². The van der Waals surface area contributed by atoms with E-state index >= 15 is 0 Å². The van der Waals surface area contributed by atoms with Gasteiger partial charge in [-0.05, 0) is 43.2 Å². The van der Waals surface area contributed by atoms with Crippen LogP contribution in [0.25, 0.3) is 16.2 Å². The highest BCUT2D eigenvalue weighted by molar-refractivity contribution is 7.15. The molecule has 0 spiro atoms. The van der Waals surface area contributed by atoms with Crippen LogP contribution in [0.5, 0.6) is 5.75 Å². The fraction of sp³-hybridized carbons (Fsp3) is 0.190. The maximum Gasteiger partial charge on any atom is 0.250 e. The molecule has 0 bridgehead atoms. The summed E-state index contributed by atoms with van der Waals surface area (Å²) in [6.07, 6.45) is 0.905. The van der Waals surface area contributed by atoms with Crippen molar-refractivity contribution in [1.82, 2.24) is 14.6 Å². The maximum atomic E-state index is 12.2. The molecule has 0 radical (unpaired) electrons. The van der Waals surface area contributed by atoms with E-state index in [0.717, 1.165) is 22.6 Å². The highest BCUT2D eigenvalue weighted by atomic mass is 35.5. The Morgan fingerprint density at radius 2 is 2.07 bits per heavy atom. The van der Waals surface area contributed by atoms with Crippen LogP contribution >= 0.6 is 34.5 Å². The van der Waals surface area contributed by atoms with Gasteiger partial charge in [-0.15, -0.1) is 16.4 Å². The Morgan fingerprint density at radius 3 is 2.87 bits per heavy atom. The molecular formula is C21H18Cl2N4O2S. The van der Waals surface area contributed by atoms with Crippen molar-refractivity contribution in [3.8, 4) is 17.0 Å². The third-order valence-electron chi connectivity index (χ3n) is 4.44. The number of hydrogen-bond acceptors (Lipinski definition) is 5. The number of hydrogen-bond donors (Lipinski definition) is 1. The molecule has 30 heavy (non-hydrogen) atoms. The van der Waals surface area contributed by atoms with Crippen LogP contribution in [0, 0.1) is 6.92 Å². The monoisotopic (exact) mass is 460 g/mol. The number of thiazole rings is 1.